The Labute approximate surface area is 174 Å². The van der Waals surface area contributed by atoms with E-state index in [0.717, 1.165) is 11.3 Å². The Morgan fingerprint density at radius 1 is 1.45 bits per heavy atom. The number of rotatable bonds is 5. The van der Waals surface area contributed by atoms with Gasteiger partial charge in [-0.05, 0) is 17.2 Å². The molecule has 1 aromatic carbocycles. The van der Waals surface area contributed by atoms with Gasteiger partial charge in [-0.3, -0.25) is 4.79 Å². The zero-order valence-corrected chi connectivity index (χ0v) is 18.2. The van der Waals surface area contributed by atoms with Gasteiger partial charge < -0.3 is 14.4 Å². The molecule has 0 N–H and O–H groups in total. The molecule has 1 radical (unpaired) electrons. The summed E-state index contributed by atoms with van der Waals surface area (Å²) in [7, 11) is 3.37. The Balaban J connectivity index is 0.00000242. The minimum Gasteiger partial charge on any atom is -0.491 e. The topological polar surface area (TPSA) is 38.8 Å². The van der Waals surface area contributed by atoms with Gasteiger partial charge in [-0.1, -0.05) is 29.0 Å². The van der Waals surface area contributed by atoms with Gasteiger partial charge >= 0.3 is 0 Å². The standard InChI is InChI=1S/C15H16ClINO3.Y/c1-18-14(6-5-13(17)15(18)19)11-4-3-10(9-12(11)16)21-8-7-20-2;/h3-4,9,13H,5,7-8H2,1-2H3;/q-1;. The van der Waals surface area contributed by atoms with Gasteiger partial charge in [0.15, 0.2) is 0 Å². The maximum atomic E-state index is 12.0. The van der Waals surface area contributed by atoms with Crippen LogP contribution in [0.1, 0.15) is 12.0 Å². The second kappa shape index (κ2) is 9.57. The Hall–Kier alpha value is 0.314. The molecule has 1 amide bonds. The first-order chi connectivity index (χ1) is 10.0. The number of halogens is 2. The van der Waals surface area contributed by atoms with E-state index in [1.165, 1.54) is 0 Å². The van der Waals surface area contributed by atoms with Gasteiger partial charge in [0.05, 0.1) is 10.5 Å². The number of hydrogen-bond acceptors (Lipinski definition) is 3. The van der Waals surface area contributed by atoms with Crippen molar-refractivity contribution in [2.24, 2.45) is 0 Å². The molecule has 0 bridgehead atoms. The van der Waals surface area contributed by atoms with Crippen molar-refractivity contribution in [1.82, 2.24) is 4.90 Å². The molecule has 0 saturated heterocycles. The summed E-state index contributed by atoms with van der Waals surface area (Å²) in [5, 5.41) is 0.541. The van der Waals surface area contributed by atoms with Gasteiger partial charge in [-0.15, -0.1) is 28.9 Å². The maximum absolute atomic E-state index is 12.0. The third-order valence-electron chi connectivity index (χ3n) is 3.13. The Morgan fingerprint density at radius 2 is 2.18 bits per heavy atom. The summed E-state index contributed by atoms with van der Waals surface area (Å²) in [6.45, 7) is 0.989. The number of hydrogen-bond donors (Lipinski definition) is 0. The van der Waals surface area contributed by atoms with Crippen molar-refractivity contribution >= 4 is 45.8 Å². The first kappa shape index (κ1) is 20.4. The molecule has 22 heavy (non-hydrogen) atoms. The molecule has 1 heterocycles. The number of ether oxygens (including phenoxy) is 2. The number of alkyl halides is 1. The molecule has 1 unspecified atom stereocenters. The van der Waals surface area contributed by atoms with E-state index in [1.807, 2.05) is 12.1 Å². The molecule has 0 saturated carbocycles. The quantitative estimate of drug-likeness (QED) is 0.265. The van der Waals surface area contributed by atoms with Crippen molar-refractivity contribution < 1.29 is 47.0 Å². The van der Waals surface area contributed by atoms with E-state index in [4.69, 9.17) is 21.1 Å². The second-order valence-electron chi connectivity index (χ2n) is 4.58. The number of carbonyl (C=O) groups is 1. The van der Waals surface area contributed by atoms with Gasteiger partial charge in [0.1, 0.15) is 12.4 Å². The second-order valence-corrected chi connectivity index (χ2v) is 6.49. The van der Waals surface area contributed by atoms with Crippen molar-refractivity contribution in [3.05, 3.63) is 34.9 Å². The van der Waals surface area contributed by atoms with Crippen LogP contribution in [0.4, 0.5) is 0 Å². The minimum atomic E-state index is -0.0632. The van der Waals surface area contributed by atoms with Crippen LogP contribution in [0, 0.1) is 6.08 Å². The van der Waals surface area contributed by atoms with E-state index in [-0.39, 0.29) is 42.5 Å². The van der Waals surface area contributed by atoms with Crippen LogP contribution in [-0.2, 0) is 42.2 Å². The molecule has 0 fully saturated rings. The van der Waals surface area contributed by atoms with E-state index >= 15 is 0 Å². The van der Waals surface area contributed by atoms with E-state index < -0.39 is 0 Å². The first-order valence-electron chi connectivity index (χ1n) is 6.48. The van der Waals surface area contributed by atoms with E-state index in [2.05, 4.69) is 28.7 Å². The van der Waals surface area contributed by atoms with Gasteiger partial charge in [0.2, 0.25) is 5.91 Å². The maximum Gasteiger partial charge on any atom is 0.235 e. The number of methoxy groups -OCH3 is 1. The van der Waals surface area contributed by atoms with Crippen LogP contribution in [0.15, 0.2) is 18.2 Å². The molecule has 1 atom stereocenters. The molecule has 0 aliphatic carbocycles. The van der Waals surface area contributed by atoms with Crippen LogP contribution < -0.4 is 4.74 Å². The summed E-state index contributed by atoms with van der Waals surface area (Å²) < 4.78 is 10.4. The smallest absolute Gasteiger partial charge is 0.235 e. The summed E-state index contributed by atoms with van der Waals surface area (Å²) in [4.78, 5) is 13.6. The van der Waals surface area contributed by atoms with E-state index in [9.17, 15) is 4.79 Å². The van der Waals surface area contributed by atoms with Crippen molar-refractivity contribution in [2.45, 2.75) is 10.3 Å². The molecular formula is C15H16ClINO3Y-. The number of carbonyl (C=O) groups excluding carboxylic acids is 1. The summed E-state index contributed by atoms with van der Waals surface area (Å²) in [6.07, 6.45) is 3.85. The van der Waals surface area contributed by atoms with Crippen molar-refractivity contribution in [3.63, 3.8) is 0 Å². The average molecular weight is 510 g/mol. The van der Waals surface area contributed by atoms with Crippen molar-refractivity contribution in [3.8, 4) is 5.75 Å². The third kappa shape index (κ3) is 4.90. The molecule has 2 rings (SSSR count). The van der Waals surface area contributed by atoms with Crippen LogP contribution in [-0.4, -0.2) is 42.1 Å². The predicted molar refractivity (Wildman–Crippen MR) is 90.7 cm³/mol. The Kier molecular flexibility index (Phi) is 8.86. The number of amides is 1. The molecule has 4 nitrogen and oxygen atoms in total. The van der Waals surface area contributed by atoms with Crippen molar-refractivity contribution in [2.75, 3.05) is 27.4 Å². The fraction of sp³-hybridized carbons (Fsp3) is 0.400. The first-order valence-corrected chi connectivity index (χ1v) is 8.11. The zero-order chi connectivity index (χ0) is 15.4. The molecule has 7 heteroatoms. The predicted octanol–water partition coefficient (Wildman–Crippen LogP) is 3.17. The van der Waals surface area contributed by atoms with E-state index in [0.29, 0.717) is 30.4 Å². The van der Waals surface area contributed by atoms with Gasteiger partial charge in [0, 0.05) is 46.9 Å². The number of allylic oxidation sites excluding steroid dienone is 1. The summed E-state index contributed by atoms with van der Waals surface area (Å²) in [6, 6.07) is 5.43. The monoisotopic (exact) mass is 509 g/mol. The van der Waals surface area contributed by atoms with Crippen LogP contribution in [0.5, 0.6) is 5.75 Å². The molecule has 1 aliphatic rings. The molecule has 1 aromatic rings. The Bertz CT molecular complexity index is 568. The molecule has 117 valence electrons. The van der Waals surface area contributed by atoms with Gasteiger partial charge in [0.25, 0.3) is 0 Å². The molecular weight excluding hydrogens is 493 g/mol. The normalized spacial score (nSPS) is 17.8. The number of benzene rings is 1. The fourth-order valence-corrected chi connectivity index (χ4v) is 2.91. The number of nitrogens with zero attached hydrogens (tertiary/aromatic N) is 1. The van der Waals surface area contributed by atoms with E-state index in [1.54, 1.807) is 25.1 Å². The van der Waals surface area contributed by atoms with Gasteiger partial charge in [-0.2, -0.15) is 0 Å². The third-order valence-corrected chi connectivity index (χ3v) is 4.42. The Morgan fingerprint density at radius 3 is 2.82 bits per heavy atom. The van der Waals surface area contributed by atoms with Crippen LogP contribution >= 0.6 is 34.2 Å². The molecule has 1 aliphatic heterocycles. The summed E-state index contributed by atoms with van der Waals surface area (Å²) in [5.74, 6) is 0.749. The average Bonchev–Trinajstić information content (AvgIpc) is 2.46. The van der Waals surface area contributed by atoms with Crippen LogP contribution in [0.3, 0.4) is 0 Å². The minimum absolute atomic E-state index is 0. The van der Waals surface area contributed by atoms with Gasteiger partial charge in [-0.25, -0.2) is 6.08 Å². The van der Waals surface area contributed by atoms with Crippen LogP contribution in [0.25, 0.3) is 5.70 Å². The molecule has 0 spiro atoms. The zero-order valence-electron chi connectivity index (χ0n) is 12.4. The molecule has 0 aromatic heterocycles. The summed E-state index contributed by atoms with van der Waals surface area (Å²) >= 11 is 8.44. The fourth-order valence-electron chi connectivity index (χ4n) is 2.01. The van der Waals surface area contributed by atoms with Crippen molar-refractivity contribution in [1.29, 1.82) is 0 Å². The SMILES string of the molecule is COCCOc1ccc(C2=[C-]CC(I)C(=O)N2C)c(Cl)c1.[Y]. The summed E-state index contributed by atoms with van der Waals surface area (Å²) in [5.41, 5.74) is 1.51. The van der Waals surface area contributed by atoms with Crippen LogP contribution in [0.2, 0.25) is 5.02 Å². The largest absolute Gasteiger partial charge is 0.491 e.